The molecule has 1 amide bonds. The Balaban J connectivity index is 1.65. The Labute approximate surface area is 173 Å². The van der Waals surface area contributed by atoms with Gasteiger partial charge in [-0.05, 0) is 48.3 Å². The first-order valence-corrected chi connectivity index (χ1v) is 9.64. The molecule has 30 heavy (non-hydrogen) atoms. The molecule has 2 aromatic heterocycles. The average Bonchev–Trinajstić information content (AvgIpc) is 3.41. The zero-order chi connectivity index (χ0) is 20.9. The van der Waals surface area contributed by atoms with Crippen molar-refractivity contribution in [3.8, 4) is 6.07 Å². The Hall–Kier alpha value is -3.92. The molecule has 2 heterocycles. The van der Waals surface area contributed by atoms with Gasteiger partial charge < -0.3 is 14.5 Å². The highest BCUT2D eigenvalue weighted by molar-refractivity contribution is 6.07. The number of allylic oxidation sites excluding steroid dienone is 1. The summed E-state index contributed by atoms with van der Waals surface area (Å²) in [5.41, 5.74) is 3.71. The summed E-state index contributed by atoms with van der Waals surface area (Å²) in [5.74, 6) is -0.266. The zero-order valence-corrected chi connectivity index (χ0v) is 16.2. The van der Waals surface area contributed by atoms with E-state index >= 15 is 0 Å². The number of pyridine rings is 1. The lowest BCUT2D eigenvalue weighted by Gasteiger charge is -2.12. The second kappa shape index (κ2) is 8.62. The van der Waals surface area contributed by atoms with Crippen LogP contribution >= 0.6 is 0 Å². The van der Waals surface area contributed by atoms with E-state index in [2.05, 4.69) is 5.32 Å². The summed E-state index contributed by atoms with van der Waals surface area (Å²) in [5, 5.41) is 11.8. The van der Waals surface area contributed by atoms with E-state index < -0.39 is 18.5 Å². The molecule has 0 fully saturated rings. The molecule has 1 aromatic carbocycles. The van der Waals surface area contributed by atoms with Crippen LogP contribution < -0.4 is 5.32 Å². The number of esters is 1. The molecule has 150 valence electrons. The number of amides is 1. The van der Waals surface area contributed by atoms with E-state index in [4.69, 9.17) is 19.4 Å². The molecule has 0 radical (unpaired) electrons. The Morgan fingerprint density at radius 1 is 1.23 bits per heavy atom. The third-order valence-corrected chi connectivity index (χ3v) is 4.90. The van der Waals surface area contributed by atoms with Gasteiger partial charge in [0.1, 0.15) is 5.76 Å². The van der Waals surface area contributed by atoms with Gasteiger partial charge in [-0.25, -0.2) is 9.78 Å². The predicted octanol–water partition coefficient (Wildman–Crippen LogP) is 3.50. The Morgan fingerprint density at radius 2 is 2.10 bits per heavy atom. The van der Waals surface area contributed by atoms with E-state index in [-0.39, 0.29) is 13.0 Å². The highest BCUT2D eigenvalue weighted by Gasteiger charge is 2.28. The Bertz CT molecular complexity index is 1170. The Morgan fingerprint density at radius 3 is 2.90 bits per heavy atom. The summed E-state index contributed by atoms with van der Waals surface area (Å²) in [6, 6.07) is 13.0. The average molecular weight is 401 g/mol. The molecule has 3 aromatic rings. The molecule has 1 aliphatic rings. The number of benzene rings is 1. The molecule has 4 rings (SSSR count). The maximum Gasteiger partial charge on any atom is 0.339 e. The summed E-state index contributed by atoms with van der Waals surface area (Å²) in [6.07, 6.45) is 5.13. The molecule has 0 saturated carbocycles. The monoisotopic (exact) mass is 401 g/mol. The number of ether oxygens (including phenoxy) is 1. The smallest absolute Gasteiger partial charge is 0.339 e. The van der Waals surface area contributed by atoms with Crippen molar-refractivity contribution in [2.75, 3.05) is 13.2 Å². The molecule has 0 saturated heterocycles. The van der Waals surface area contributed by atoms with Crippen molar-refractivity contribution in [2.24, 2.45) is 0 Å². The molecule has 7 heteroatoms. The first kappa shape index (κ1) is 19.4. The maximum atomic E-state index is 13.0. The number of fused-ring (bicyclic) bond motifs is 2. The van der Waals surface area contributed by atoms with E-state index in [9.17, 15) is 9.59 Å². The standard InChI is InChI=1S/C23H19N3O4/c24-10-4-11-25-20(27)14-30-23(28)21-17-6-1-2-7-19(17)26-22-15(8-9-18(21)22)13-16-5-3-12-29-16/h1-3,5-7,12-13H,4,8-9,11,14H2,(H,25,27)/b15-13+. The highest BCUT2D eigenvalue weighted by Crippen LogP contribution is 2.37. The number of nitrogens with one attached hydrogen (secondary N) is 1. The molecule has 7 nitrogen and oxygen atoms in total. The van der Waals surface area contributed by atoms with Crippen LogP contribution in [0.25, 0.3) is 22.6 Å². The third kappa shape index (κ3) is 3.94. The van der Waals surface area contributed by atoms with Crippen LogP contribution in [0, 0.1) is 11.3 Å². The molecule has 0 bridgehead atoms. The normalized spacial score (nSPS) is 13.8. The van der Waals surface area contributed by atoms with Crippen molar-refractivity contribution in [3.63, 3.8) is 0 Å². The molecule has 1 N–H and O–H groups in total. The van der Waals surface area contributed by atoms with Gasteiger partial charge in [0.05, 0.1) is 35.5 Å². The zero-order valence-electron chi connectivity index (χ0n) is 16.2. The number of carbonyl (C=O) groups excluding carboxylic acids is 2. The van der Waals surface area contributed by atoms with Crippen LogP contribution in [0.3, 0.4) is 0 Å². The summed E-state index contributed by atoms with van der Waals surface area (Å²) in [6.45, 7) is -0.174. The van der Waals surface area contributed by atoms with Crippen LogP contribution in [-0.4, -0.2) is 30.0 Å². The molecular weight excluding hydrogens is 382 g/mol. The lowest BCUT2D eigenvalue weighted by atomic mass is 10.0. The number of hydrogen-bond donors (Lipinski definition) is 1. The third-order valence-electron chi connectivity index (χ3n) is 4.90. The fourth-order valence-corrected chi connectivity index (χ4v) is 3.57. The SMILES string of the molecule is N#CCCNC(=O)COC(=O)c1c2c(nc3ccccc13)/C(=C/c1ccco1)CC2. The second-order valence-corrected chi connectivity index (χ2v) is 6.85. The maximum absolute atomic E-state index is 13.0. The molecule has 1 aliphatic carbocycles. The van der Waals surface area contributed by atoms with E-state index in [1.165, 1.54) is 0 Å². The Kier molecular flexibility index (Phi) is 5.57. The summed E-state index contributed by atoms with van der Waals surface area (Å²) < 4.78 is 10.7. The lowest BCUT2D eigenvalue weighted by Crippen LogP contribution is -2.29. The van der Waals surface area contributed by atoms with Gasteiger partial charge in [0, 0.05) is 11.9 Å². The van der Waals surface area contributed by atoms with Crippen LogP contribution in [0.1, 0.15) is 40.2 Å². The lowest BCUT2D eigenvalue weighted by molar-refractivity contribution is -0.124. The predicted molar refractivity (Wildman–Crippen MR) is 110 cm³/mol. The summed E-state index contributed by atoms with van der Waals surface area (Å²) in [4.78, 5) is 29.6. The van der Waals surface area contributed by atoms with Crippen molar-refractivity contribution in [2.45, 2.75) is 19.3 Å². The van der Waals surface area contributed by atoms with Gasteiger partial charge in [-0.1, -0.05) is 18.2 Å². The van der Waals surface area contributed by atoms with Crippen LogP contribution in [0.15, 0.2) is 47.1 Å². The largest absolute Gasteiger partial charge is 0.465 e. The van der Waals surface area contributed by atoms with Crippen LogP contribution in [0.5, 0.6) is 0 Å². The van der Waals surface area contributed by atoms with Crippen LogP contribution in [0.4, 0.5) is 0 Å². The summed E-state index contributed by atoms with van der Waals surface area (Å²) in [7, 11) is 0. The summed E-state index contributed by atoms with van der Waals surface area (Å²) >= 11 is 0. The van der Waals surface area contributed by atoms with E-state index in [1.807, 2.05) is 48.5 Å². The van der Waals surface area contributed by atoms with Crippen molar-refractivity contribution in [1.82, 2.24) is 10.3 Å². The molecule has 0 aliphatic heterocycles. The molecule has 0 spiro atoms. The first-order chi connectivity index (χ1) is 14.7. The minimum Gasteiger partial charge on any atom is -0.465 e. The van der Waals surface area contributed by atoms with Gasteiger partial charge >= 0.3 is 5.97 Å². The van der Waals surface area contributed by atoms with E-state index in [1.54, 1.807) is 6.26 Å². The van der Waals surface area contributed by atoms with Gasteiger partial charge in [0.15, 0.2) is 6.61 Å². The molecule has 0 unspecified atom stereocenters. The fraction of sp³-hybridized carbons (Fsp3) is 0.217. The number of rotatable bonds is 6. The van der Waals surface area contributed by atoms with Crippen molar-refractivity contribution in [3.05, 3.63) is 65.2 Å². The number of nitrogens with zero attached hydrogens (tertiary/aromatic N) is 2. The molecular formula is C23H19N3O4. The fourth-order valence-electron chi connectivity index (χ4n) is 3.57. The van der Waals surface area contributed by atoms with E-state index in [0.717, 1.165) is 29.0 Å². The van der Waals surface area contributed by atoms with Gasteiger partial charge in [0.2, 0.25) is 0 Å². The number of aromatic nitrogens is 1. The quantitative estimate of drug-likeness (QED) is 0.501. The van der Waals surface area contributed by atoms with Gasteiger partial charge in [-0.15, -0.1) is 0 Å². The minimum atomic E-state index is -0.556. The van der Waals surface area contributed by atoms with Crippen molar-refractivity contribution >= 4 is 34.4 Å². The highest BCUT2D eigenvalue weighted by atomic mass is 16.5. The first-order valence-electron chi connectivity index (χ1n) is 9.64. The number of carbonyl (C=O) groups is 2. The van der Waals surface area contributed by atoms with Gasteiger partial charge in [-0.2, -0.15) is 5.26 Å². The molecule has 0 atom stereocenters. The van der Waals surface area contributed by atoms with Gasteiger partial charge in [0.25, 0.3) is 5.91 Å². The number of hydrogen-bond acceptors (Lipinski definition) is 6. The van der Waals surface area contributed by atoms with Crippen LogP contribution in [-0.2, 0) is 16.0 Å². The number of nitriles is 1. The number of furan rings is 1. The topological polar surface area (TPSA) is 105 Å². The number of para-hydroxylation sites is 1. The van der Waals surface area contributed by atoms with Crippen molar-refractivity contribution < 1.29 is 18.7 Å². The second-order valence-electron chi connectivity index (χ2n) is 6.85. The van der Waals surface area contributed by atoms with E-state index in [0.29, 0.717) is 22.9 Å². The van der Waals surface area contributed by atoms with Crippen molar-refractivity contribution in [1.29, 1.82) is 5.26 Å². The van der Waals surface area contributed by atoms with Gasteiger partial charge in [-0.3, -0.25) is 4.79 Å². The minimum absolute atomic E-state index is 0.201. The van der Waals surface area contributed by atoms with Crippen LogP contribution in [0.2, 0.25) is 0 Å².